The number of nitrogens with zero attached hydrogens (tertiary/aromatic N) is 4. The first-order valence-corrected chi connectivity index (χ1v) is 4.21. The van der Waals surface area contributed by atoms with E-state index in [0.29, 0.717) is 11.3 Å². The number of rotatable bonds is 2. The summed E-state index contributed by atoms with van der Waals surface area (Å²) in [7, 11) is 0. The lowest BCUT2D eigenvalue weighted by molar-refractivity contribution is 0.102. The Morgan fingerprint density at radius 1 is 1.00 bits per heavy atom. The SMILES string of the molecule is O=C(Nc1ccnnc1)c1ccnnc1. The van der Waals surface area contributed by atoms with Crippen LogP contribution in [0.15, 0.2) is 36.9 Å². The second-order valence-corrected chi connectivity index (χ2v) is 2.72. The monoisotopic (exact) mass is 201 g/mol. The summed E-state index contributed by atoms with van der Waals surface area (Å²) in [4.78, 5) is 11.6. The van der Waals surface area contributed by atoms with Gasteiger partial charge in [-0.2, -0.15) is 20.4 Å². The molecular weight excluding hydrogens is 194 g/mol. The first-order chi connectivity index (χ1) is 7.36. The van der Waals surface area contributed by atoms with Gasteiger partial charge in [-0.05, 0) is 12.1 Å². The lowest BCUT2D eigenvalue weighted by atomic mass is 10.3. The molecule has 0 unspecified atom stereocenters. The number of hydrogen-bond donors (Lipinski definition) is 1. The first-order valence-electron chi connectivity index (χ1n) is 4.21. The molecular formula is C9H7N5O. The predicted molar refractivity (Wildman–Crippen MR) is 52.0 cm³/mol. The van der Waals surface area contributed by atoms with Crippen LogP contribution in [0.1, 0.15) is 10.4 Å². The summed E-state index contributed by atoms with van der Waals surface area (Å²) >= 11 is 0. The molecule has 0 spiro atoms. The third-order valence-corrected chi connectivity index (χ3v) is 1.69. The van der Waals surface area contributed by atoms with Crippen molar-refractivity contribution in [2.75, 3.05) is 5.32 Å². The summed E-state index contributed by atoms with van der Waals surface area (Å²) in [5.41, 5.74) is 1.04. The lowest BCUT2D eigenvalue weighted by Gasteiger charge is -2.02. The van der Waals surface area contributed by atoms with Gasteiger partial charge in [0.2, 0.25) is 0 Å². The molecule has 2 aromatic rings. The average molecular weight is 201 g/mol. The summed E-state index contributed by atoms with van der Waals surface area (Å²) in [6, 6.07) is 3.23. The second kappa shape index (κ2) is 4.23. The molecule has 2 heterocycles. The van der Waals surface area contributed by atoms with Gasteiger partial charge in [-0.15, -0.1) is 0 Å². The van der Waals surface area contributed by atoms with E-state index in [1.807, 2.05) is 0 Å². The Morgan fingerprint density at radius 2 is 1.73 bits per heavy atom. The second-order valence-electron chi connectivity index (χ2n) is 2.72. The van der Waals surface area contributed by atoms with Gasteiger partial charge in [0.05, 0.1) is 36.0 Å². The third-order valence-electron chi connectivity index (χ3n) is 1.69. The Morgan fingerprint density at radius 3 is 2.33 bits per heavy atom. The van der Waals surface area contributed by atoms with Crippen LogP contribution in [0.4, 0.5) is 5.69 Å². The van der Waals surface area contributed by atoms with Crippen molar-refractivity contribution < 1.29 is 4.79 Å². The highest BCUT2D eigenvalue weighted by Crippen LogP contribution is 2.04. The Hall–Kier alpha value is -2.37. The molecule has 0 fully saturated rings. The zero-order chi connectivity index (χ0) is 10.5. The lowest BCUT2D eigenvalue weighted by Crippen LogP contribution is -2.12. The fraction of sp³-hybridized carbons (Fsp3) is 0. The van der Waals surface area contributed by atoms with Crippen LogP contribution >= 0.6 is 0 Å². The Bertz CT molecular complexity index is 445. The minimum absolute atomic E-state index is 0.252. The molecule has 0 aliphatic rings. The summed E-state index contributed by atoms with van der Waals surface area (Å²) < 4.78 is 0. The minimum atomic E-state index is -0.252. The van der Waals surface area contributed by atoms with E-state index in [0.717, 1.165) is 0 Å². The topological polar surface area (TPSA) is 80.7 Å². The highest BCUT2D eigenvalue weighted by molar-refractivity contribution is 6.03. The predicted octanol–water partition coefficient (Wildman–Crippen LogP) is 0.519. The molecule has 1 amide bonds. The smallest absolute Gasteiger partial charge is 0.257 e. The number of carbonyl (C=O) groups excluding carboxylic acids is 1. The normalized spacial score (nSPS) is 9.60. The van der Waals surface area contributed by atoms with Gasteiger partial charge in [-0.3, -0.25) is 4.79 Å². The van der Waals surface area contributed by atoms with E-state index in [4.69, 9.17) is 0 Å². The maximum Gasteiger partial charge on any atom is 0.257 e. The molecule has 0 radical (unpaired) electrons. The highest BCUT2D eigenvalue weighted by atomic mass is 16.1. The summed E-state index contributed by atoms with van der Waals surface area (Å²) in [5.74, 6) is -0.252. The van der Waals surface area contributed by atoms with Crippen LogP contribution in [0.25, 0.3) is 0 Å². The molecule has 6 heteroatoms. The standard InChI is InChI=1S/C9H7N5O/c15-9(7-1-3-10-12-5-7)14-8-2-4-11-13-6-8/h1-6H,(H,11,14,15). The van der Waals surface area contributed by atoms with Crippen molar-refractivity contribution in [1.29, 1.82) is 0 Å². The van der Waals surface area contributed by atoms with E-state index in [-0.39, 0.29) is 5.91 Å². The van der Waals surface area contributed by atoms with Crippen molar-refractivity contribution in [2.45, 2.75) is 0 Å². The molecule has 0 saturated heterocycles. The quantitative estimate of drug-likeness (QED) is 0.766. The van der Waals surface area contributed by atoms with Crippen molar-refractivity contribution >= 4 is 11.6 Å². The van der Waals surface area contributed by atoms with Crippen molar-refractivity contribution in [3.05, 3.63) is 42.5 Å². The van der Waals surface area contributed by atoms with Crippen LogP contribution in [-0.4, -0.2) is 26.3 Å². The molecule has 0 aliphatic heterocycles. The molecule has 0 atom stereocenters. The first kappa shape index (κ1) is 9.20. The summed E-state index contributed by atoms with van der Waals surface area (Å²) in [6.07, 6.45) is 5.82. The Balaban J connectivity index is 2.12. The summed E-state index contributed by atoms with van der Waals surface area (Å²) in [5, 5.41) is 17.1. The van der Waals surface area contributed by atoms with Crippen LogP contribution in [0.5, 0.6) is 0 Å². The fourth-order valence-corrected chi connectivity index (χ4v) is 0.993. The number of nitrogens with one attached hydrogen (secondary N) is 1. The van der Waals surface area contributed by atoms with Gasteiger partial charge in [0.15, 0.2) is 0 Å². The maximum absolute atomic E-state index is 11.6. The molecule has 15 heavy (non-hydrogen) atoms. The largest absolute Gasteiger partial charge is 0.320 e. The number of hydrogen-bond acceptors (Lipinski definition) is 5. The van der Waals surface area contributed by atoms with Crippen molar-refractivity contribution in [2.24, 2.45) is 0 Å². The Labute approximate surface area is 85.4 Å². The zero-order valence-electron chi connectivity index (χ0n) is 7.66. The zero-order valence-corrected chi connectivity index (χ0v) is 7.66. The highest BCUT2D eigenvalue weighted by Gasteiger charge is 2.05. The molecule has 1 N–H and O–H groups in total. The molecule has 0 saturated carbocycles. The van der Waals surface area contributed by atoms with Crippen LogP contribution < -0.4 is 5.32 Å². The van der Waals surface area contributed by atoms with Crippen molar-refractivity contribution in [3.8, 4) is 0 Å². The molecule has 0 bridgehead atoms. The van der Waals surface area contributed by atoms with Gasteiger partial charge in [0.25, 0.3) is 5.91 Å². The number of aromatic nitrogens is 4. The van der Waals surface area contributed by atoms with Crippen LogP contribution in [0, 0.1) is 0 Å². The van der Waals surface area contributed by atoms with Crippen molar-refractivity contribution in [3.63, 3.8) is 0 Å². The van der Waals surface area contributed by atoms with Gasteiger partial charge < -0.3 is 5.32 Å². The molecule has 2 aromatic heterocycles. The van der Waals surface area contributed by atoms with Gasteiger partial charge in [0.1, 0.15) is 0 Å². The molecule has 0 aliphatic carbocycles. The minimum Gasteiger partial charge on any atom is -0.320 e. The van der Waals surface area contributed by atoms with Crippen LogP contribution in [0.2, 0.25) is 0 Å². The number of carbonyl (C=O) groups is 1. The van der Waals surface area contributed by atoms with Gasteiger partial charge in [-0.25, -0.2) is 0 Å². The van der Waals surface area contributed by atoms with E-state index in [2.05, 4.69) is 25.7 Å². The molecule has 74 valence electrons. The van der Waals surface area contributed by atoms with E-state index < -0.39 is 0 Å². The average Bonchev–Trinajstić information content (AvgIpc) is 2.31. The molecule has 6 nitrogen and oxygen atoms in total. The van der Waals surface area contributed by atoms with Gasteiger partial charge >= 0.3 is 0 Å². The molecule has 2 rings (SSSR count). The van der Waals surface area contributed by atoms with Gasteiger partial charge in [-0.1, -0.05) is 0 Å². The third kappa shape index (κ3) is 2.31. The van der Waals surface area contributed by atoms with Gasteiger partial charge in [0, 0.05) is 0 Å². The van der Waals surface area contributed by atoms with E-state index >= 15 is 0 Å². The van der Waals surface area contributed by atoms with Crippen LogP contribution in [-0.2, 0) is 0 Å². The van der Waals surface area contributed by atoms with E-state index in [1.54, 1.807) is 12.1 Å². The van der Waals surface area contributed by atoms with E-state index in [1.165, 1.54) is 24.8 Å². The number of amides is 1. The fourth-order valence-electron chi connectivity index (χ4n) is 0.993. The van der Waals surface area contributed by atoms with E-state index in [9.17, 15) is 4.79 Å². The van der Waals surface area contributed by atoms with Crippen molar-refractivity contribution in [1.82, 2.24) is 20.4 Å². The number of anilines is 1. The summed E-state index contributed by atoms with van der Waals surface area (Å²) in [6.45, 7) is 0. The Kier molecular flexibility index (Phi) is 2.59. The van der Waals surface area contributed by atoms with Crippen LogP contribution in [0.3, 0.4) is 0 Å². The molecule has 0 aromatic carbocycles. The maximum atomic E-state index is 11.6.